The molecule has 0 heterocycles. The third-order valence-electron chi connectivity index (χ3n) is 2.57. The molecule has 0 saturated heterocycles. The largest absolute Gasteiger partial charge is 0.370 e. The molecule has 0 aliphatic carbocycles. The topological polar surface area (TPSA) is 72.2 Å². The third kappa shape index (κ3) is 5.26. The molecule has 0 aliphatic rings. The van der Waals surface area contributed by atoms with E-state index in [1.165, 1.54) is 6.92 Å². The number of hydrogen-bond acceptors (Lipinski definition) is 3. The molecular formula is C13H18N2O2. The normalized spacial score (nSPS) is 12.1. The maximum absolute atomic E-state index is 11.4. The Kier molecular flexibility index (Phi) is 5.36. The van der Waals surface area contributed by atoms with Crippen LogP contribution in [0.4, 0.5) is 0 Å². The number of primary amides is 1. The average Bonchev–Trinajstić information content (AvgIpc) is 2.29. The molecular weight excluding hydrogens is 216 g/mol. The second-order valence-corrected chi connectivity index (χ2v) is 4.03. The number of hydrogen-bond donors (Lipinski definition) is 2. The summed E-state index contributed by atoms with van der Waals surface area (Å²) in [6, 6.07) is 9.50. The van der Waals surface area contributed by atoms with Crippen molar-refractivity contribution in [2.45, 2.75) is 32.4 Å². The summed E-state index contributed by atoms with van der Waals surface area (Å²) < 4.78 is 0. The van der Waals surface area contributed by atoms with Gasteiger partial charge < -0.3 is 11.1 Å². The van der Waals surface area contributed by atoms with Crippen molar-refractivity contribution in [1.82, 2.24) is 5.32 Å². The van der Waals surface area contributed by atoms with Crippen molar-refractivity contribution in [3.8, 4) is 0 Å². The highest BCUT2D eigenvalue weighted by atomic mass is 16.1. The Balaban J connectivity index is 2.45. The van der Waals surface area contributed by atoms with Gasteiger partial charge in [-0.1, -0.05) is 30.3 Å². The van der Waals surface area contributed by atoms with E-state index in [4.69, 9.17) is 5.73 Å². The standard InChI is InChI=1S/C13H18N2O2/c1-10(16)12(7-8-13(14)17)15-9-11-5-3-2-4-6-11/h2-6,12,15H,7-9H2,1H3,(H2,14,17)/t12-/m0/s1. The summed E-state index contributed by atoms with van der Waals surface area (Å²) in [7, 11) is 0. The Morgan fingerprint density at radius 3 is 2.47 bits per heavy atom. The molecule has 0 spiro atoms. The van der Waals surface area contributed by atoms with Gasteiger partial charge in [0.2, 0.25) is 5.91 Å². The Bertz CT molecular complexity index is 376. The van der Waals surface area contributed by atoms with E-state index in [1.54, 1.807) is 0 Å². The van der Waals surface area contributed by atoms with E-state index in [-0.39, 0.29) is 24.2 Å². The van der Waals surface area contributed by atoms with E-state index < -0.39 is 0 Å². The second-order valence-electron chi connectivity index (χ2n) is 4.03. The minimum atomic E-state index is -0.377. The Morgan fingerprint density at radius 2 is 1.94 bits per heavy atom. The van der Waals surface area contributed by atoms with E-state index >= 15 is 0 Å². The molecule has 1 atom stereocenters. The van der Waals surface area contributed by atoms with Crippen LogP contribution in [0.2, 0.25) is 0 Å². The molecule has 0 saturated carbocycles. The molecule has 17 heavy (non-hydrogen) atoms. The van der Waals surface area contributed by atoms with Crippen LogP contribution >= 0.6 is 0 Å². The smallest absolute Gasteiger partial charge is 0.217 e. The molecule has 1 amide bonds. The van der Waals surface area contributed by atoms with Crippen LogP contribution < -0.4 is 11.1 Å². The maximum atomic E-state index is 11.4. The van der Waals surface area contributed by atoms with Crippen LogP contribution in [-0.4, -0.2) is 17.7 Å². The van der Waals surface area contributed by atoms with Crippen LogP contribution in [0.3, 0.4) is 0 Å². The highest BCUT2D eigenvalue weighted by Gasteiger charge is 2.14. The lowest BCUT2D eigenvalue weighted by atomic mass is 10.1. The zero-order valence-corrected chi connectivity index (χ0v) is 9.98. The summed E-state index contributed by atoms with van der Waals surface area (Å²) in [5, 5.41) is 3.13. The molecule has 0 bridgehead atoms. The van der Waals surface area contributed by atoms with Gasteiger partial charge in [0.25, 0.3) is 0 Å². The predicted molar refractivity (Wildman–Crippen MR) is 66.2 cm³/mol. The quantitative estimate of drug-likeness (QED) is 0.739. The fourth-order valence-electron chi connectivity index (χ4n) is 1.57. The zero-order valence-electron chi connectivity index (χ0n) is 9.98. The first-order valence-electron chi connectivity index (χ1n) is 5.65. The SMILES string of the molecule is CC(=O)[C@H](CCC(N)=O)NCc1ccccc1. The van der Waals surface area contributed by atoms with Gasteiger partial charge in [-0.2, -0.15) is 0 Å². The fraction of sp³-hybridized carbons (Fsp3) is 0.385. The number of ketones is 1. The van der Waals surface area contributed by atoms with Crippen molar-refractivity contribution in [2.75, 3.05) is 0 Å². The second kappa shape index (κ2) is 6.81. The minimum absolute atomic E-state index is 0.0298. The third-order valence-corrected chi connectivity index (χ3v) is 2.57. The van der Waals surface area contributed by atoms with Crippen LogP contribution in [-0.2, 0) is 16.1 Å². The van der Waals surface area contributed by atoms with Gasteiger partial charge in [0.05, 0.1) is 6.04 Å². The lowest BCUT2D eigenvalue weighted by Crippen LogP contribution is -2.35. The van der Waals surface area contributed by atoms with Gasteiger partial charge in [-0.05, 0) is 18.9 Å². The summed E-state index contributed by atoms with van der Waals surface area (Å²) in [6.07, 6.45) is 0.684. The number of rotatable bonds is 7. The van der Waals surface area contributed by atoms with Crippen molar-refractivity contribution in [1.29, 1.82) is 0 Å². The highest BCUT2D eigenvalue weighted by Crippen LogP contribution is 2.02. The molecule has 0 radical (unpaired) electrons. The molecule has 1 rings (SSSR count). The minimum Gasteiger partial charge on any atom is -0.370 e. The first kappa shape index (κ1) is 13.4. The predicted octanol–water partition coefficient (Wildman–Crippen LogP) is 0.999. The van der Waals surface area contributed by atoms with Gasteiger partial charge in [0.15, 0.2) is 0 Å². The molecule has 1 aromatic rings. The number of nitrogens with two attached hydrogens (primary N) is 1. The summed E-state index contributed by atoms with van der Waals surface area (Å²) in [5.74, 6) is -0.347. The lowest BCUT2D eigenvalue weighted by molar-refractivity contribution is -0.120. The number of carbonyl (C=O) groups excluding carboxylic acids is 2. The van der Waals surface area contributed by atoms with Gasteiger partial charge in [-0.3, -0.25) is 9.59 Å². The van der Waals surface area contributed by atoms with Crippen LogP contribution in [0.25, 0.3) is 0 Å². The summed E-state index contributed by atoms with van der Waals surface area (Å²) in [6.45, 7) is 2.13. The van der Waals surface area contributed by atoms with Gasteiger partial charge >= 0.3 is 0 Å². The lowest BCUT2D eigenvalue weighted by Gasteiger charge is -2.15. The van der Waals surface area contributed by atoms with E-state index in [9.17, 15) is 9.59 Å². The summed E-state index contributed by atoms with van der Waals surface area (Å²) >= 11 is 0. The molecule has 3 N–H and O–H groups in total. The van der Waals surface area contributed by atoms with Crippen LogP contribution in [0.15, 0.2) is 30.3 Å². The molecule has 0 aromatic heterocycles. The molecule has 0 aliphatic heterocycles. The van der Waals surface area contributed by atoms with Gasteiger partial charge in [-0.25, -0.2) is 0 Å². The zero-order chi connectivity index (χ0) is 12.7. The molecule has 4 heteroatoms. The highest BCUT2D eigenvalue weighted by molar-refractivity contribution is 5.82. The van der Waals surface area contributed by atoms with Crippen molar-refractivity contribution in [2.24, 2.45) is 5.73 Å². The van der Waals surface area contributed by atoms with E-state index in [0.29, 0.717) is 13.0 Å². The van der Waals surface area contributed by atoms with E-state index in [2.05, 4.69) is 5.32 Å². The first-order chi connectivity index (χ1) is 8.09. The Morgan fingerprint density at radius 1 is 1.29 bits per heavy atom. The molecule has 1 aromatic carbocycles. The van der Waals surface area contributed by atoms with Gasteiger partial charge in [0.1, 0.15) is 5.78 Å². The fourth-order valence-corrected chi connectivity index (χ4v) is 1.57. The number of nitrogens with one attached hydrogen (secondary N) is 1. The summed E-state index contributed by atoms with van der Waals surface area (Å²) in [4.78, 5) is 22.0. The van der Waals surface area contributed by atoms with Crippen molar-refractivity contribution >= 4 is 11.7 Å². The van der Waals surface area contributed by atoms with Gasteiger partial charge in [0, 0.05) is 13.0 Å². The summed E-state index contributed by atoms with van der Waals surface area (Å²) in [5.41, 5.74) is 6.18. The van der Waals surface area contributed by atoms with Crippen molar-refractivity contribution < 1.29 is 9.59 Å². The van der Waals surface area contributed by atoms with E-state index in [1.807, 2.05) is 30.3 Å². The first-order valence-corrected chi connectivity index (χ1v) is 5.65. The van der Waals surface area contributed by atoms with Crippen molar-refractivity contribution in [3.63, 3.8) is 0 Å². The number of Topliss-reactive ketones (excluding diaryl/α,β-unsaturated/α-hetero) is 1. The monoisotopic (exact) mass is 234 g/mol. The molecule has 4 nitrogen and oxygen atoms in total. The molecule has 0 fully saturated rings. The van der Waals surface area contributed by atoms with Crippen LogP contribution in [0, 0.1) is 0 Å². The number of carbonyl (C=O) groups is 2. The number of amides is 1. The van der Waals surface area contributed by atoms with Gasteiger partial charge in [-0.15, -0.1) is 0 Å². The van der Waals surface area contributed by atoms with Crippen molar-refractivity contribution in [3.05, 3.63) is 35.9 Å². The Labute approximate surface area is 101 Å². The average molecular weight is 234 g/mol. The maximum Gasteiger partial charge on any atom is 0.217 e. The molecule has 92 valence electrons. The van der Waals surface area contributed by atoms with Crippen LogP contribution in [0.1, 0.15) is 25.3 Å². The number of benzene rings is 1. The van der Waals surface area contributed by atoms with E-state index in [0.717, 1.165) is 5.56 Å². The molecule has 0 unspecified atom stereocenters. The Hall–Kier alpha value is -1.68. The van der Waals surface area contributed by atoms with Crippen LogP contribution in [0.5, 0.6) is 0 Å².